The summed E-state index contributed by atoms with van der Waals surface area (Å²) in [5.74, 6) is 0. The lowest BCUT2D eigenvalue weighted by atomic mass is 10.2. The van der Waals surface area contributed by atoms with Crippen LogP contribution in [0.15, 0.2) is 0 Å². The van der Waals surface area contributed by atoms with Crippen LogP contribution in [0, 0.1) is 0 Å². The summed E-state index contributed by atoms with van der Waals surface area (Å²) in [6.07, 6.45) is 4.66. The maximum atomic E-state index is 5.35. The van der Waals surface area contributed by atoms with Crippen molar-refractivity contribution in [3.8, 4) is 0 Å². The lowest BCUT2D eigenvalue weighted by Crippen LogP contribution is -2.38. The molecule has 2 nitrogen and oxygen atoms in total. The van der Waals surface area contributed by atoms with Crippen LogP contribution in [0.2, 0.25) is 0 Å². The van der Waals surface area contributed by atoms with Crippen molar-refractivity contribution < 1.29 is 4.74 Å². The average Bonchev–Trinajstić information content (AvgIpc) is 2.29. The van der Waals surface area contributed by atoms with Crippen LogP contribution in [0.3, 0.4) is 0 Å². The zero-order valence-corrected chi connectivity index (χ0v) is 6.38. The average molecular weight is 141 g/mol. The molecule has 0 N–H and O–H groups in total. The molecule has 2 heteroatoms. The standard InChI is InChI=1S/C8H15NO/c1-2-5-9(4-1)7-8-3-6-10-8/h8H,1-7H2. The van der Waals surface area contributed by atoms with Gasteiger partial charge in [-0.1, -0.05) is 0 Å². The Kier molecular flexibility index (Phi) is 1.91. The molecule has 0 aliphatic carbocycles. The Labute approximate surface area is 62.2 Å². The van der Waals surface area contributed by atoms with Crippen molar-refractivity contribution in [1.29, 1.82) is 0 Å². The minimum Gasteiger partial charge on any atom is -0.377 e. The third-order valence-corrected chi connectivity index (χ3v) is 2.45. The molecule has 2 rings (SSSR count). The van der Waals surface area contributed by atoms with Crippen LogP contribution in [0.1, 0.15) is 19.3 Å². The molecule has 0 amide bonds. The lowest BCUT2D eigenvalue weighted by Gasteiger charge is -2.30. The summed E-state index contributed by atoms with van der Waals surface area (Å²) in [6.45, 7) is 4.80. The number of nitrogens with zero attached hydrogens (tertiary/aromatic N) is 1. The topological polar surface area (TPSA) is 12.5 Å². The highest BCUT2D eigenvalue weighted by Crippen LogP contribution is 2.15. The molecule has 0 aromatic heterocycles. The van der Waals surface area contributed by atoms with Crippen LogP contribution in [0.5, 0.6) is 0 Å². The van der Waals surface area contributed by atoms with E-state index in [1.54, 1.807) is 0 Å². The van der Waals surface area contributed by atoms with Crippen LogP contribution < -0.4 is 0 Å². The summed E-state index contributed by atoms with van der Waals surface area (Å²) in [4.78, 5) is 2.52. The van der Waals surface area contributed by atoms with E-state index in [4.69, 9.17) is 4.74 Å². The van der Waals surface area contributed by atoms with Crippen molar-refractivity contribution in [2.24, 2.45) is 0 Å². The van der Waals surface area contributed by atoms with Crippen LogP contribution in [-0.2, 0) is 4.74 Å². The van der Waals surface area contributed by atoms with E-state index >= 15 is 0 Å². The molecule has 1 atom stereocenters. The molecule has 0 aromatic carbocycles. The van der Waals surface area contributed by atoms with Crippen molar-refractivity contribution in [3.05, 3.63) is 0 Å². The lowest BCUT2D eigenvalue weighted by molar-refractivity contribution is -0.0639. The zero-order valence-electron chi connectivity index (χ0n) is 6.38. The quantitative estimate of drug-likeness (QED) is 0.566. The first kappa shape index (κ1) is 6.62. The van der Waals surface area contributed by atoms with Gasteiger partial charge >= 0.3 is 0 Å². The Bertz CT molecular complexity index is 106. The van der Waals surface area contributed by atoms with Gasteiger partial charge in [0.1, 0.15) is 0 Å². The van der Waals surface area contributed by atoms with E-state index in [2.05, 4.69) is 4.90 Å². The fourth-order valence-corrected chi connectivity index (χ4v) is 1.68. The van der Waals surface area contributed by atoms with Gasteiger partial charge in [0.05, 0.1) is 6.10 Å². The highest BCUT2D eigenvalue weighted by Gasteiger charge is 2.22. The monoisotopic (exact) mass is 141 g/mol. The third-order valence-electron chi connectivity index (χ3n) is 2.45. The second kappa shape index (κ2) is 2.89. The maximum absolute atomic E-state index is 5.35. The Morgan fingerprint density at radius 1 is 1.30 bits per heavy atom. The molecule has 2 saturated heterocycles. The van der Waals surface area contributed by atoms with Crippen LogP contribution in [-0.4, -0.2) is 37.2 Å². The van der Waals surface area contributed by atoms with E-state index in [0.717, 1.165) is 6.61 Å². The van der Waals surface area contributed by atoms with E-state index in [-0.39, 0.29) is 0 Å². The second-order valence-electron chi connectivity index (χ2n) is 3.29. The molecule has 0 aromatic rings. The van der Waals surface area contributed by atoms with Crippen molar-refractivity contribution in [1.82, 2.24) is 4.90 Å². The molecule has 0 bridgehead atoms. The van der Waals surface area contributed by atoms with Crippen molar-refractivity contribution >= 4 is 0 Å². The Morgan fingerprint density at radius 2 is 2.00 bits per heavy atom. The maximum Gasteiger partial charge on any atom is 0.0723 e. The molecule has 2 heterocycles. The van der Waals surface area contributed by atoms with Gasteiger partial charge in [-0.05, 0) is 32.4 Å². The first-order valence-corrected chi connectivity index (χ1v) is 4.29. The van der Waals surface area contributed by atoms with Gasteiger partial charge in [-0.2, -0.15) is 0 Å². The van der Waals surface area contributed by atoms with E-state index in [9.17, 15) is 0 Å². The summed E-state index contributed by atoms with van der Waals surface area (Å²) < 4.78 is 5.35. The summed E-state index contributed by atoms with van der Waals surface area (Å²) in [6, 6.07) is 0. The van der Waals surface area contributed by atoms with Gasteiger partial charge in [0.15, 0.2) is 0 Å². The molecule has 10 heavy (non-hydrogen) atoms. The molecule has 2 aliphatic heterocycles. The zero-order chi connectivity index (χ0) is 6.81. The molecule has 0 saturated carbocycles. The van der Waals surface area contributed by atoms with Gasteiger partial charge in [-0.3, -0.25) is 0 Å². The highest BCUT2D eigenvalue weighted by molar-refractivity contribution is 4.74. The van der Waals surface area contributed by atoms with Crippen LogP contribution >= 0.6 is 0 Å². The van der Waals surface area contributed by atoms with Gasteiger partial charge in [0, 0.05) is 13.2 Å². The van der Waals surface area contributed by atoms with Crippen molar-refractivity contribution in [2.75, 3.05) is 26.2 Å². The SMILES string of the molecule is C1CCN(CC2CCO2)C1. The predicted octanol–water partition coefficient (Wildman–Crippen LogP) is 0.871. The Hall–Kier alpha value is -0.0800. The summed E-state index contributed by atoms with van der Waals surface area (Å²) in [5.41, 5.74) is 0. The predicted molar refractivity (Wildman–Crippen MR) is 40.0 cm³/mol. The number of hydrogen-bond acceptors (Lipinski definition) is 2. The smallest absolute Gasteiger partial charge is 0.0723 e. The summed E-state index contributed by atoms with van der Waals surface area (Å²) >= 11 is 0. The molecular weight excluding hydrogens is 126 g/mol. The van der Waals surface area contributed by atoms with E-state index in [1.807, 2.05) is 0 Å². The van der Waals surface area contributed by atoms with Crippen molar-refractivity contribution in [3.63, 3.8) is 0 Å². The Balaban J connectivity index is 1.68. The second-order valence-corrected chi connectivity index (χ2v) is 3.29. The van der Waals surface area contributed by atoms with E-state index in [1.165, 1.54) is 38.9 Å². The highest BCUT2D eigenvalue weighted by atomic mass is 16.5. The third kappa shape index (κ3) is 1.32. The largest absolute Gasteiger partial charge is 0.377 e. The van der Waals surface area contributed by atoms with Crippen LogP contribution in [0.4, 0.5) is 0 Å². The molecule has 2 fully saturated rings. The molecule has 2 aliphatic rings. The Morgan fingerprint density at radius 3 is 2.50 bits per heavy atom. The molecule has 1 unspecified atom stereocenters. The summed E-state index contributed by atoms with van der Waals surface area (Å²) in [5, 5.41) is 0. The summed E-state index contributed by atoms with van der Waals surface area (Å²) in [7, 11) is 0. The molecule has 0 radical (unpaired) electrons. The number of likely N-dealkylation sites (tertiary alicyclic amines) is 1. The van der Waals surface area contributed by atoms with Crippen molar-refractivity contribution in [2.45, 2.75) is 25.4 Å². The minimum absolute atomic E-state index is 0.582. The fourth-order valence-electron chi connectivity index (χ4n) is 1.68. The first-order chi connectivity index (χ1) is 4.95. The van der Waals surface area contributed by atoms with E-state index < -0.39 is 0 Å². The number of hydrogen-bond donors (Lipinski definition) is 0. The van der Waals surface area contributed by atoms with Gasteiger partial charge in [0.2, 0.25) is 0 Å². The molecule has 0 spiro atoms. The van der Waals surface area contributed by atoms with E-state index in [0.29, 0.717) is 6.10 Å². The number of rotatable bonds is 2. The van der Waals surface area contributed by atoms with Gasteiger partial charge in [-0.15, -0.1) is 0 Å². The molecular formula is C8H15NO. The van der Waals surface area contributed by atoms with Gasteiger partial charge in [-0.25, -0.2) is 0 Å². The van der Waals surface area contributed by atoms with Crippen LogP contribution in [0.25, 0.3) is 0 Å². The van der Waals surface area contributed by atoms with Gasteiger partial charge in [0.25, 0.3) is 0 Å². The van der Waals surface area contributed by atoms with Gasteiger partial charge < -0.3 is 9.64 Å². The fraction of sp³-hybridized carbons (Fsp3) is 1.00. The number of ether oxygens (including phenoxy) is 1. The molecule has 58 valence electrons. The minimum atomic E-state index is 0.582. The first-order valence-electron chi connectivity index (χ1n) is 4.29. The normalized spacial score (nSPS) is 34.2.